The van der Waals surface area contributed by atoms with Crippen LogP contribution in [0.25, 0.3) is 22.2 Å². The van der Waals surface area contributed by atoms with Crippen molar-refractivity contribution in [3.8, 4) is 22.8 Å². The highest BCUT2D eigenvalue weighted by Crippen LogP contribution is 2.42. The molecule has 1 unspecified atom stereocenters. The van der Waals surface area contributed by atoms with Gasteiger partial charge < -0.3 is 19.9 Å². The van der Waals surface area contributed by atoms with Crippen LogP contribution in [0.2, 0.25) is 0 Å². The average Bonchev–Trinajstić information content (AvgIpc) is 3.48. The summed E-state index contributed by atoms with van der Waals surface area (Å²) in [6.45, 7) is 4.81. The van der Waals surface area contributed by atoms with E-state index in [0.717, 1.165) is 34.8 Å². The molecule has 0 saturated carbocycles. The Bertz CT molecular complexity index is 1430. The summed E-state index contributed by atoms with van der Waals surface area (Å²) in [4.78, 5) is 26.6. The minimum absolute atomic E-state index is 0.0796. The number of amides is 1. The maximum absolute atomic E-state index is 12.8. The van der Waals surface area contributed by atoms with Gasteiger partial charge in [0.15, 0.2) is 0 Å². The number of fused-ring (bicyclic) bond motifs is 1. The Morgan fingerprint density at radius 2 is 1.97 bits per heavy atom. The van der Waals surface area contributed by atoms with Crippen LogP contribution in [0, 0.1) is 0 Å². The number of rotatable bonds is 6. The number of aromatic nitrogens is 4. The first kappa shape index (κ1) is 23.4. The molecular weight excluding hydrogens is 466 g/mol. The molecule has 4 aromatic rings. The fraction of sp³-hybridized carbons (Fsp3) is 0.231. The predicted octanol–water partition coefficient (Wildman–Crippen LogP) is 4.84. The van der Waals surface area contributed by atoms with E-state index in [1.54, 1.807) is 17.0 Å². The second-order valence-electron chi connectivity index (χ2n) is 8.61. The summed E-state index contributed by atoms with van der Waals surface area (Å²) in [6.07, 6.45) is 2.09. The molecule has 0 radical (unpaired) electrons. The fourth-order valence-corrected chi connectivity index (χ4v) is 4.77. The van der Waals surface area contributed by atoms with Crippen molar-refractivity contribution in [2.24, 2.45) is 7.05 Å². The third kappa shape index (κ3) is 4.15. The monoisotopic (exact) mass is 490 g/mol. The smallest absolute Gasteiger partial charge is 0.265 e. The third-order valence-corrected chi connectivity index (χ3v) is 6.48. The molecule has 4 heterocycles. The van der Waals surface area contributed by atoms with Gasteiger partial charge in [-0.05, 0) is 36.3 Å². The highest BCUT2D eigenvalue weighted by molar-refractivity contribution is 6.02. The van der Waals surface area contributed by atoms with Crippen LogP contribution in [0.3, 0.4) is 0 Å². The zero-order valence-electron chi connectivity index (χ0n) is 19.6. The summed E-state index contributed by atoms with van der Waals surface area (Å²) in [7, 11) is 1.94. The number of anilines is 1. The number of nitrogen functional groups attached to an aromatic ring is 1. The Morgan fingerprint density at radius 1 is 1.19 bits per heavy atom. The van der Waals surface area contributed by atoms with Crippen molar-refractivity contribution < 1.29 is 18.3 Å². The summed E-state index contributed by atoms with van der Waals surface area (Å²) in [5, 5.41) is 0.751. The van der Waals surface area contributed by atoms with E-state index < -0.39 is 6.43 Å². The van der Waals surface area contributed by atoms with Crippen LogP contribution < -0.4 is 10.5 Å². The molecular formula is C26H24F2N6O2. The largest absolute Gasteiger partial charge is 0.439 e. The summed E-state index contributed by atoms with van der Waals surface area (Å²) in [5.74, 6) is 1.08. The minimum Gasteiger partial charge on any atom is -0.439 e. The van der Waals surface area contributed by atoms with Gasteiger partial charge in [0.2, 0.25) is 11.8 Å². The number of nitrogens with zero attached hydrogens (tertiary/aromatic N) is 5. The van der Waals surface area contributed by atoms with Crippen LogP contribution >= 0.6 is 0 Å². The van der Waals surface area contributed by atoms with Gasteiger partial charge in [-0.3, -0.25) is 4.79 Å². The van der Waals surface area contributed by atoms with Gasteiger partial charge in [-0.1, -0.05) is 18.7 Å². The van der Waals surface area contributed by atoms with Crippen LogP contribution in [0.4, 0.5) is 14.6 Å². The van der Waals surface area contributed by atoms with Gasteiger partial charge in [-0.25, -0.2) is 23.7 Å². The van der Waals surface area contributed by atoms with Gasteiger partial charge in [0.25, 0.3) is 6.43 Å². The summed E-state index contributed by atoms with van der Waals surface area (Å²) in [6, 6.07) is 10.1. The van der Waals surface area contributed by atoms with E-state index in [-0.39, 0.29) is 23.3 Å². The zero-order chi connectivity index (χ0) is 25.4. The van der Waals surface area contributed by atoms with Crippen LogP contribution in [0.1, 0.15) is 30.0 Å². The molecule has 1 fully saturated rings. The maximum atomic E-state index is 12.8. The van der Waals surface area contributed by atoms with Crippen molar-refractivity contribution in [3.63, 3.8) is 0 Å². The number of alkyl halides is 2. The first-order valence-electron chi connectivity index (χ1n) is 11.4. The molecule has 1 aromatic carbocycles. The van der Waals surface area contributed by atoms with Crippen LogP contribution in [0.15, 0.2) is 61.6 Å². The Morgan fingerprint density at radius 3 is 2.64 bits per heavy atom. The predicted molar refractivity (Wildman–Crippen MR) is 132 cm³/mol. The number of pyridine rings is 1. The summed E-state index contributed by atoms with van der Waals surface area (Å²) in [5.41, 5.74) is 9.68. The van der Waals surface area contributed by atoms with Gasteiger partial charge in [0.05, 0.1) is 5.39 Å². The molecule has 1 saturated heterocycles. The van der Waals surface area contributed by atoms with E-state index in [4.69, 9.17) is 10.5 Å². The van der Waals surface area contributed by atoms with E-state index in [0.29, 0.717) is 30.3 Å². The van der Waals surface area contributed by atoms with E-state index in [1.807, 2.05) is 23.7 Å². The summed E-state index contributed by atoms with van der Waals surface area (Å²) >= 11 is 0. The summed E-state index contributed by atoms with van der Waals surface area (Å²) < 4.78 is 33.3. The van der Waals surface area contributed by atoms with Crippen molar-refractivity contribution >= 4 is 22.8 Å². The van der Waals surface area contributed by atoms with Gasteiger partial charge >= 0.3 is 0 Å². The number of ether oxygens (including phenoxy) is 1. The molecule has 8 nitrogen and oxygen atoms in total. The third-order valence-electron chi connectivity index (χ3n) is 6.48. The first-order valence-corrected chi connectivity index (χ1v) is 11.4. The van der Waals surface area contributed by atoms with E-state index in [1.165, 1.54) is 24.5 Å². The Hall–Kier alpha value is -4.34. The molecule has 184 valence electrons. The van der Waals surface area contributed by atoms with Gasteiger partial charge in [0.1, 0.15) is 23.5 Å². The quantitative estimate of drug-likeness (QED) is 0.388. The second-order valence-corrected chi connectivity index (χ2v) is 8.61. The number of carbonyl (C=O) groups excluding carboxylic acids is 1. The van der Waals surface area contributed by atoms with Gasteiger partial charge in [-0.15, -0.1) is 0 Å². The number of carbonyl (C=O) groups is 1. The van der Waals surface area contributed by atoms with Gasteiger partial charge in [-0.2, -0.15) is 0 Å². The maximum Gasteiger partial charge on any atom is 0.265 e. The number of aryl methyl sites for hydroxylation is 1. The Kier molecular flexibility index (Phi) is 6.09. The highest BCUT2D eigenvalue weighted by Gasteiger charge is 2.32. The van der Waals surface area contributed by atoms with E-state index in [9.17, 15) is 13.6 Å². The number of hydrogen-bond donors (Lipinski definition) is 1. The second kappa shape index (κ2) is 9.37. The molecule has 0 bridgehead atoms. The lowest BCUT2D eigenvalue weighted by Gasteiger charge is -2.17. The normalized spacial score (nSPS) is 15.6. The molecule has 0 spiro atoms. The van der Waals surface area contributed by atoms with Gasteiger partial charge in [0, 0.05) is 55.1 Å². The lowest BCUT2D eigenvalue weighted by atomic mass is 9.94. The topological polar surface area (TPSA) is 99.2 Å². The van der Waals surface area contributed by atoms with Crippen molar-refractivity contribution in [2.45, 2.75) is 18.8 Å². The van der Waals surface area contributed by atoms with E-state index in [2.05, 4.69) is 21.5 Å². The molecule has 1 aliphatic rings. The van der Waals surface area contributed by atoms with Crippen molar-refractivity contribution in [1.29, 1.82) is 0 Å². The molecule has 1 aliphatic heterocycles. The van der Waals surface area contributed by atoms with E-state index >= 15 is 0 Å². The molecule has 36 heavy (non-hydrogen) atoms. The molecule has 1 atom stereocenters. The zero-order valence-corrected chi connectivity index (χ0v) is 19.6. The van der Waals surface area contributed by atoms with Crippen LogP contribution in [0.5, 0.6) is 11.6 Å². The highest BCUT2D eigenvalue weighted by atomic mass is 19.3. The first-order chi connectivity index (χ1) is 17.4. The lowest BCUT2D eigenvalue weighted by molar-refractivity contribution is -0.125. The SMILES string of the molecule is C=CC(=O)N1CCC(c2c(-c3ccc(Oc4ccc(C(F)F)cn4)cc3)c3c(N)ncnc3n2C)C1. The van der Waals surface area contributed by atoms with Crippen molar-refractivity contribution in [3.05, 3.63) is 72.8 Å². The Labute approximate surface area is 206 Å². The van der Waals surface area contributed by atoms with Crippen molar-refractivity contribution in [1.82, 2.24) is 24.4 Å². The molecule has 0 aliphatic carbocycles. The molecule has 2 N–H and O–H groups in total. The number of halogens is 2. The standard InChI is InChI=1S/C26H24F2N6O2/c1-3-20(35)34-11-10-17(13-34)23-21(22-25(29)31-14-32-26(22)33(23)2)15-4-7-18(8-5-15)36-19-9-6-16(12-30-19)24(27)28/h3-9,12,14,17,24H,1,10-11,13H2,2H3,(H2,29,31,32). The lowest BCUT2D eigenvalue weighted by Crippen LogP contribution is -2.26. The number of likely N-dealkylation sites (tertiary alicyclic amines) is 1. The molecule has 10 heteroatoms. The molecule has 5 rings (SSSR count). The van der Waals surface area contributed by atoms with Crippen LogP contribution in [-0.2, 0) is 11.8 Å². The number of nitrogens with two attached hydrogens (primary N) is 1. The average molecular weight is 491 g/mol. The minimum atomic E-state index is -2.58. The Balaban J connectivity index is 1.51. The van der Waals surface area contributed by atoms with Crippen LogP contribution in [-0.4, -0.2) is 43.4 Å². The van der Waals surface area contributed by atoms with Crippen molar-refractivity contribution in [2.75, 3.05) is 18.8 Å². The molecule has 1 amide bonds. The molecule has 3 aromatic heterocycles. The number of benzene rings is 1. The number of hydrogen-bond acceptors (Lipinski definition) is 6. The fourth-order valence-electron chi connectivity index (χ4n) is 4.77.